The molecule has 0 aliphatic rings. The van der Waals surface area contributed by atoms with Gasteiger partial charge in [0.15, 0.2) is 0 Å². The normalized spacial score (nSPS) is 10.8. The Bertz CT molecular complexity index is 418. The average Bonchev–Trinajstić information content (AvgIpc) is 2.36. The topological polar surface area (TPSA) is 55.1 Å². The highest BCUT2D eigenvalue weighted by molar-refractivity contribution is 14.1. The lowest BCUT2D eigenvalue weighted by atomic mass is 9.94. The number of amides is 1. The van der Waals surface area contributed by atoms with Gasteiger partial charge in [-0.1, -0.05) is 19.9 Å². The Morgan fingerprint density at radius 3 is 2.47 bits per heavy atom. The van der Waals surface area contributed by atoms with Gasteiger partial charge in [0.1, 0.15) is 5.82 Å². The van der Waals surface area contributed by atoms with Gasteiger partial charge in [0.05, 0.1) is 5.56 Å². The van der Waals surface area contributed by atoms with E-state index in [0.717, 1.165) is 12.8 Å². The number of nitrogens with two attached hydrogens (primary N) is 1. The molecule has 0 heterocycles. The van der Waals surface area contributed by atoms with Crippen LogP contribution in [0, 0.1) is 9.39 Å². The van der Waals surface area contributed by atoms with Crippen molar-refractivity contribution >= 4 is 40.9 Å². The van der Waals surface area contributed by atoms with Crippen LogP contribution in [0.2, 0.25) is 0 Å². The molecule has 0 aliphatic carbocycles. The van der Waals surface area contributed by atoms with E-state index in [-0.39, 0.29) is 18.0 Å². The van der Waals surface area contributed by atoms with Gasteiger partial charge in [-0.25, -0.2) is 4.39 Å². The molecular weight excluding hydrogens is 382 g/mol. The predicted molar refractivity (Wildman–Crippen MR) is 86.2 cm³/mol. The molecule has 3 N–H and O–H groups in total. The molecule has 0 fully saturated rings. The Morgan fingerprint density at radius 2 is 2.00 bits per heavy atom. The lowest BCUT2D eigenvalue weighted by Crippen LogP contribution is -2.49. The maximum atomic E-state index is 13.6. The van der Waals surface area contributed by atoms with E-state index in [0.29, 0.717) is 10.1 Å². The predicted octanol–water partition coefficient (Wildman–Crippen LogP) is 3.10. The van der Waals surface area contributed by atoms with Gasteiger partial charge < -0.3 is 11.1 Å². The Balaban J connectivity index is 0.00000324. The van der Waals surface area contributed by atoms with E-state index in [9.17, 15) is 9.18 Å². The molecule has 0 aliphatic heterocycles. The van der Waals surface area contributed by atoms with Crippen molar-refractivity contribution in [3.63, 3.8) is 0 Å². The molecule has 3 nitrogen and oxygen atoms in total. The van der Waals surface area contributed by atoms with Gasteiger partial charge in [-0.05, 0) is 47.6 Å². The van der Waals surface area contributed by atoms with Crippen LogP contribution in [0.4, 0.5) is 4.39 Å². The second-order valence-corrected chi connectivity index (χ2v) is 5.51. The number of carbonyl (C=O) groups is 1. The van der Waals surface area contributed by atoms with Crippen LogP contribution in [0.25, 0.3) is 0 Å². The number of benzene rings is 1. The van der Waals surface area contributed by atoms with Crippen LogP contribution < -0.4 is 11.1 Å². The number of rotatable bonds is 5. The first-order valence-corrected chi connectivity index (χ1v) is 7.02. The number of nitrogens with one attached hydrogen (secondary N) is 1. The van der Waals surface area contributed by atoms with Crippen molar-refractivity contribution in [3.05, 3.63) is 33.1 Å². The largest absolute Gasteiger partial charge is 0.350 e. The summed E-state index contributed by atoms with van der Waals surface area (Å²) < 4.78 is 14.2. The van der Waals surface area contributed by atoms with Gasteiger partial charge in [0.25, 0.3) is 5.91 Å². The fourth-order valence-electron chi connectivity index (χ4n) is 1.56. The molecule has 0 radical (unpaired) electrons. The number of halogens is 3. The molecule has 19 heavy (non-hydrogen) atoms. The number of hydrogen-bond donors (Lipinski definition) is 2. The fourth-order valence-corrected chi connectivity index (χ4v) is 2.27. The molecule has 0 saturated heterocycles. The SMILES string of the molecule is CCC(N)(CC)CNC(=O)c1c(F)cccc1I.Cl. The molecule has 0 spiro atoms. The van der Waals surface area contributed by atoms with Crippen LogP contribution in [-0.2, 0) is 0 Å². The van der Waals surface area contributed by atoms with Gasteiger partial charge in [0, 0.05) is 15.7 Å². The molecule has 1 aromatic rings. The fraction of sp³-hybridized carbons (Fsp3) is 0.462. The quantitative estimate of drug-likeness (QED) is 0.746. The molecule has 108 valence electrons. The summed E-state index contributed by atoms with van der Waals surface area (Å²) in [6.07, 6.45) is 1.52. The second-order valence-electron chi connectivity index (χ2n) is 4.35. The van der Waals surface area contributed by atoms with Crippen LogP contribution in [0.15, 0.2) is 18.2 Å². The van der Waals surface area contributed by atoms with Crippen molar-refractivity contribution in [2.75, 3.05) is 6.54 Å². The molecule has 0 atom stereocenters. The van der Waals surface area contributed by atoms with Crippen molar-refractivity contribution < 1.29 is 9.18 Å². The summed E-state index contributed by atoms with van der Waals surface area (Å²) in [4.78, 5) is 12.0. The highest BCUT2D eigenvalue weighted by Crippen LogP contribution is 2.16. The molecule has 0 unspecified atom stereocenters. The van der Waals surface area contributed by atoms with Crippen LogP contribution in [0.5, 0.6) is 0 Å². The summed E-state index contributed by atoms with van der Waals surface area (Å²) >= 11 is 1.95. The first kappa shape index (κ1) is 18.6. The second kappa shape index (κ2) is 8.01. The monoisotopic (exact) mass is 400 g/mol. The van der Waals surface area contributed by atoms with E-state index < -0.39 is 17.3 Å². The minimum absolute atomic E-state index is 0. The molecule has 1 amide bonds. The summed E-state index contributed by atoms with van der Waals surface area (Å²) in [6.45, 7) is 4.30. The highest BCUT2D eigenvalue weighted by Gasteiger charge is 2.22. The van der Waals surface area contributed by atoms with E-state index in [2.05, 4.69) is 5.32 Å². The number of carbonyl (C=O) groups excluding carboxylic acids is 1. The Morgan fingerprint density at radius 1 is 1.42 bits per heavy atom. The third-order valence-corrected chi connectivity index (χ3v) is 4.10. The van der Waals surface area contributed by atoms with Crippen LogP contribution in [0.3, 0.4) is 0 Å². The zero-order valence-electron chi connectivity index (χ0n) is 11.0. The van der Waals surface area contributed by atoms with Crippen LogP contribution in [-0.4, -0.2) is 18.0 Å². The van der Waals surface area contributed by atoms with Crippen molar-refractivity contribution in [1.29, 1.82) is 0 Å². The molecule has 1 aromatic carbocycles. The minimum Gasteiger partial charge on any atom is -0.350 e. The van der Waals surface area contributed by atoms with Gasteiger partial charge in [0.2, 0.25) is 0 Å². The van der Waals surface area contributed by atoms with E-state index in [1.807, 2.05) is 36.4 Å². The summed E-state index contributed by atoms with van der Waals surface area (Å²) in [5.74, 6) is -0.913. The summed E-state index contributed by atoms with van der Waals surface area (Å²) in [5.41, 5.74) is 5.75. The van der Waals surface area contributed by atoms with Crippen LogP contribution in [0.1, 0.15) is 37.0 Å². The minimum atomic E-state index is -0.505. The van der Waals surface area contributed by atoms with Gasteiger partial charge in [-0.3, -0.25) is 4.79 Å². The smallest absolute Gasteiger partial charge is 0.255 e. The Labute approximate surface area is 133 Å². The molecule has 0 aromatic heterocycles. The average molecular weight is 401 g/mol. The van der Waals surface area contributed by atoms with Crippen molar-refractivity contribution in [1.82, 2.24) is 5.32 Å². The Hall–Kier alpha value is -0.400. The molecule has 0 saturated carbocycles. The van der Waals surface area contributed by atoms with Crippen molar-refractivity contribution in [3.8, 4) is 0 Å². The van der Waals surface area contributed by atoms with Gasteiger partial charge >= 0.3 is 0 Å². The molecular formula is C13H19ClFIN2O. The lowest BCUT2D eigenvalue weighted by Gasteiger charge is -2.26. The van der Waals surface area contributed by atoms with Gasteiger partial charge in [-0.2, -0.15) is 0 Å². The van der Waals surface area contributed by atoms with E-state index in [4.69, 9.17) is 5.73 Å². The Kier molecular flexibility index (Phi) is 7.85. The van der Waals surface area contributed by atoms with E-state index in [1.54, 1.807) is 12.1 Å². The van der Waals surface area contributed by atoms with Crippen molar-refractivity contribution in [2.24, 2.45) is 5.73 Å². The highest BCUT2D eigenvalue weighted by atomic mass is 127. The molecule has 6 heteroatoms. The molecule has 0 bridgehead atoms. The van der Waals surface area contributed by atoms with E-state index >= 15 is 0 Å². The van der Waals surface area contributed by atoms with Crippen LogP contribution >= 0.6 is 35.0 Å². The first-order chi connectivity index (χ1) is 8.43. The first-order valence-electron chi connectivity index (χ1n) is 5.94. The number of hydrogen-bond acceptors (Lipinski definition) is 2. The zero-order chi connectivity index (χ0) is 13.8. The maximum absolute atomic E-state index is 13.6. The summed E-state index contributed by atoms with van der Waals surface area (Å²) in [5, 5.41) is 2.71. The van der Waals surface area contributed by atoms with Gasteiger partial charge in [-0.15, -0.1) is 12.4 Å². The maximum Gasteiger partial charge on any atom is 0.255 e. The summed E-state index contributed by atoms with van der Waals surface area (Å²) in [6, 6.07) is 4.57. The zero-order valence-corrected chi connectivity index (χ0v) is 14.0. The van der Waals surface area contributed by atoms with Crippen molar-refractivity contribution in [2.45, 2.75) is 32.2 Å². The summed E-state index contributed by atoms with van der Waals surface area (Å²) in [7, 11) is 0. The third kappa shape index (κ3) is 4.89. The van der Waals surface area contributed by atoms with E-state index in [1.165, 1.54) is 6.07 Å². The lowest BCUT2D eigenvalue weighted by molar-refractivity contribution is 0.0937. The molecule has 1 rings (SSSR count). The third-order valence-electron chi connectivity index (χ3n) is 3.20. The standard InChI is InChI=1S/C13H18FIN2O.ClH/c1-3-13(16,4-2)8-17-12(18)11-9(14)6-5-7-10(11)15;/h5-7H,3-4,8,16H2,1-2H3,(H,17,18);1H.